The minimum Gasteiger partial charge on any atom is -0.285 e. The van der Waals surface area contributed by atoms with E-state index in [4.69, 9.17) is 0 Å². The van der Waals surface area contributed by atoms with Gasteiger partial charge in [-0.3, -0.25) is 5.32 Å². The van der Waals surface area contributed by atoms with Gasteiger partial charge in [-0.1, -0.05) is 33.1 Å². The fraction of sp³-hybridized carbons (Fsp3) is 1.00. The van der Waals surface area contributed by atoms with Gasteiger partial charge in [0.05, 0.1) is 0 Å². The molecule has 3 heteroatoms. The predicted octanol–water partition coefficient (Wildman–Crippen LogP) is 3.20. The summed E-state index contributed by atoms with van der Waals surface area (Å²) in [5, 5.41) is 2.55. The van der Waals surface area contributed by atoms with E-state index in [2.05, 4.69) is 5.32 Å². The molecule has 2 atom stereocenters. The van der Waals surface area contributed by atoms with Gasteiger partial charge in [0.2, 0.25) is 0 Å². The van der Waals surface area contributed by atoms with E-state index in [1.54, 1.807) is 0 Å². The largest absolute Gasteiger partial charge is 0.285 e. The molecule has 0 radical (unpaired) electrons. The average Bonchev–Trinajstić information content (AvgIpc) is 2.14. The number of halogens is 2. The third-order valence-corrected chi connectivity index (χ3v) is 2.02. The zero-order valence-electron chi connectivity index (χ0n) is 8.65. The third-order valence-electron chi connectivity index (χ3n) is 2.02. The highest BCUT2D eigenvalue weighted by Crippen LogP contribution is 2.09. The second-order valence-corrected chi connectivity index (χ2v) is 3.37. The standard InChI is InChI=1S/C10H21F2N/c1-3-5-7-9(11)10(12)13-8-6-4-2/h9-10,13H,3-8H2,1-2H3. The van der Waals surface area contributed by atoms with Crippen molar-refractivity contribution in [3.8, 4) is 0 Å². The molecule has 0 aliphatic rings. The number of rotatable bonds is 8. The van der Waals surface area contributed by atoms with Gasteiger partial charge in [0, 0.05) is 0 Å². The van der Waals surface area contributed by atoms with E-state index < -0.39 is 12.5 Å². The van der Waals surface area contributed by atoms with Gasteiger partial charge >= 0.3 is 0 Å². The maximum Gasteiger partial charge on any atom is 0.182 e. The summed E-state index contributed by atoms with van der Waals surface area (Å²) in [4.78, 5) is 0. The summed E-state index contributed by atoms with van der Waals surface area (Å²) in [6.07, 6.45) is 1.11. The van der Waals surface area contributed by atoms with E-state index in [9.17, 15) is 8.78 Å². The van der Waals surface area contributed by atoms with Gasteiger partial charge in [-0.2, -0.15) is 0 Å². The van der Waals surface area contributed by atoms with Crippen molar-refractivity contribution >= 4 is 0 Å². The Morgan fingerprint density at radius 1 is 1.08 bits per heavy atom. The van der Waals surface area contributed by atoms with E-state index in [1.807, 2.05) is 13.8 Å². The lowest BCUT2D eigenvalue weighted by Gasteiger charge is -2.14. The van der Waals surface area contributed by atoms with Gasteiger partial charge in [0.15, 0.2) is 6.30 Å². The number of unbranched alkanes of at least 4 members (excludes halogenated alkanes) is 2. The Morgan fingerprint density at radius 2 is 1.69 bits per heavy atom. The topological polar surface area (TPSA) is 12.0 Å². The number of hydrogen-bond acceptors (Lipinski definition) is 1. The summed E-state index contributed by atoms with van der Waals surface area (Å²) in [7, 11) is 0. The molecule has 0 amide bonds. The molecule has 0 bridgehead atoms. The summed E-state index contributed by atoms with van der Waals surface area (Å²) >= 11 is 0. The first kappa shape index (κ1) is 12.8. The predicted molar refractivity (Wildman–Crippen MR) is 52.2 cm³/mol. The van der Waals surface area contributed by atoms with Crippen LogP contribution in [0, 0.1) is 0 Å². The highest BCUT2D eigenvalue weighted by atomic mass is 19.2. The Morgan fingerprint density at radius 3 is 2.23 bits per heavy atom. The minimum absolute atomic E-state index is 0.330. The first-order chi connectivity index (χ1) is 6.22. The van der Waals surface area contributed by atoms with Crippen LogP contribution in [0.15, 0.2) is 0 Å². The number of alkyl halides is 2. The Labute approximate surface area is 79.9 Å². The molecule has 2 unspecified atom stereocenters. The fourth-order valence-electron chi connectivity index (χ4n) is 1.09. The Balaban J connectivity index is 3.38. The van der Waals surface area contributed by atoms with Crippen molar-refractivity contribution in [2.75, 3.05) is 6.54 Å². The molecule has 0 heterocycles. The van der Waals surface area contributed by atoms with Crippen LogP contribution >= 0.6 is 0 Å². The van der Waals surface area contributed by atoms with Crippen LogP contribution in [0.2, 0.25) is 0 Å². The molecule has 13 heavy (non-hydrogen) atoms. The fourth-order valence-corrected chi connectivity index (χ4v) is 1.09. The molecule has 0 aromatic carbocycles. The van der Waals surface area contributed by atoms with Crippen LogP contribution in [-0.4, -0.2) is 19.0 Å². The molecule has 80 valence electrons. The molecule has 1 N–H and O–H groups in total. The molecule has 0 spiro atoms. The molecule has 1 nitrogen and oxygen atoms in total. The van der Waals surface area contributed by atoms with E-state index in [1.165, 1.54) is 0 Å². The van der Waals surface area contributed by atoms with E-state index in [-0.39, 0.29) is 0 Å². The van der Waals surface area contributed by atoms with Gasteiger partial charge in [-0.25, -0.2) is 8.78 Å². The van der Waals surface area contributed by atoms with E-state index in [0.717, 1.165) is 25.7 Å². The van der Waals surface area contributed by atoms with Crippen molar-refractivity contribution in [1.29, 1.82) is 0 Å². The van der Waals surface area contributed by atoms with Gasteiger partial charge in [0.25, 0.3) is 0 Å². The highest BCUT2D eigenvalue weighted by Gasteiger charge is 2.18. The van der Waals surface area contributed by atoms with Crippen molar-refractivity contribution in [2.45, 2.75) is 58.4 Å². The van der Waals surface area contributed by atoms with E-state index in [0.29, 0.717) is 13.0 Å². The average molecular weight is 193 g/mol. The summed E-state index contributed by atoms with van der Waals surface area (Å²) in [5.74, 6) is 0. The molecule has 0 rings (SSSR count). The lowest BCUT2D eigenvalue weighted by Crippen LogP contribution is -2.34. The quantitative estimate of drug-likeness (QED) is 0.461. The molecular formula is C10H21F2N. The van der Waals surface area contributed by atoms with Crippen molar-refractivity contribution in [3.05, 3.63) is 0 Å². The molecule has 0 saturated carbocycles. The van der Waals surface area contributed by atoms with Crippen LogP contribution in [0.5, 0.6) is 0 Å². The summed E-state index contributed by atoms with van der Waals surface area (Å²) < 4.78 is 25.9. The van der Waals surface area contributed by atoms with Gasteiger partial charge < -0.3 is 0 Å². The van der Waals surface area contributed by atoms with Crippen LogP contribution in [0.25, 0.3) is 0 Å². The van der Waals surface area contributed by atoms with Crippen molar-refractivity contribution in [2.24, 2.45) is 0 Å². The molecule has 0 aliphatic heterocycles. The van der Waals surface area contributed by atoms with Crippen LogP contribution in [-0.2, 0) is 0 Å². The second-order valence-electron chi connectivity index (χ2n) is 3.37. The number of hydrogen-bond donors (Lipinski definition) is 1. The number of nitrogens with one attached hydrogen (secondary N) is 1. The van der Waals surface area contributed by atoms with E-state index >= 15 is 0 Å². The second kappa shape index (κ2) is 8.42. The zero-order chi connectivity index (χ0) is 10.1. The highest BCUT2D eigenvalue weighted by molar-refractivity contribution is 4.65. The van der Waals surface area contributed by atoms with Crippen LogP contribution in [0.1, 0.15) is 46.0 Å². The molecule has 0 fully saturated rings. The molecule has 0 saturated heterocycles. The lowest BCUT2D eigenvalue weighted by molar-refractivity contribution is 0.125. The first-order valence-corrected chi connectivity index (χ1v) is 5.23. The molecule has 0 aromatic rings. The van der Waals surface area contributed by atoms with Crippen LogP contribution < -0.4 is 5.32 Å². The Hall–Kier alpha value is -0.180. The maximum absolute atomic E-state index is 13.0. The Kier molecular flexibility index (Phi) is 8.30. The maximum atomic E-state index is 13.0. The summed E-state index contributed by atoms with van der Waals surface area (Å²) in [6, 6.07) is 0. The van der Waals surface area contributed by atoms with Crippen LogP contribution in [0.3, 0.4) is 0 Å². The molecule has 0 aromatic heterocycles. The summed E-state index contributed by atoms with van der Waals surface area (Å²) in [6.45, 7) is 4.58. The Bertz CT molecular complexity index is 109. The van der Waals surface area contributed by atoms with Crippen molar-refractivity contribution in [1.82, 2.24) is 5.32 Å². The van der Waals surface area contributed by atoms with Gasteiger partial charge in [-0.05, 0) is 19.4 Å². The van der Waals surface area contributed by atoms with Crippen molar-refractivity contribution in [3.63, 3.8) is 0 Å². The van der Waals surface area contributed by atoms with Gasteiger partial charge in [-0.15, -0.1) is 0 Å². The smallest absolute Gasteiger partial charge is 0.182 e. The minimum atomic E-state index is -1.47. The third kappa shape index (κ3) is 6.94. The first-order valence-electron chi connectivity index (χ1n) is 5.23. The molecule has 0 aliphatic carbocycles. The molecular weight excluding hydrogens is 172 g/mol. The summed E-state index contributed by atoms with van der Waals surface area (Å²) in [5.41, 5.74) is 0. The SMILES string of the molecule is CCCCNC(F)C(F)CCCC. The van der Waals surface area contributed by atoms with Crippen molar-refractivity contribution < 1.29 is 8.78 Å². The lowest BCUT2D eigenvalue weighted by atomic mass is 10.1. The monoisotopic (exact) mass is 193 g/mol. The van der Waals surface area contributed by atoms with Crippen LogP contribution in [0.4, 0.5) is 8.78 Å². The normalized spacial score (nSPS) is 15.7. The zero-order valence-corrected chi connectivity index (χ0v) is 8.65. The van der Waals surface area contributed by atoms with Gasteiger partial charge in [0.1, 0.15) is 6.17 Å².